The summed E-state index contributed by atoms with van der Waals surface area (Å²) < 4.78 is 7.22. The van der Waals surface area contributed by atoms with E-state index in [0.29, 0.717) is 26.0 Å². The summed E-state index contributed by atoms with van der Waals surface area (Å²) in [5.41, 5.74) is 1.79. The second kappa shape index (κ2) is 4.82. The number of rotatable bonds is 1. The molecule has 1 N–H and O–H groups in total. The van der Waals surface area contributed by atoms with Crippen LogP contribution >= 0.6 is 46.1 Å². The third kappa shape index (κ3) is 2.16. The van der Waals surface area contributed by atoms with Gasteiger partial charge in [-0.25, -0.2) is 0 Å². The number of nitrogens with one attached hydrogen (secondary N) is 1. The molecule has 0 bridgehead atoms. The summed E-state index contributed by atoms with van der Waals surface area (Å²) in [6, 6.07) is 7.45. The second-order valence-corrected chi connectivity index (χ2v) is 6.58. The number of hydrogen-bond donors (Lipinski definition) is 1. The maximum atomic E-state index is 6.14. The molecule has 0 saturated heterocycles. The molecule has 0 fully saturated rings. The molecule has 18 heavy (non-hydrogen) atoms. The van der Waals surface area contributed by atoms with Gasteiger partial charge in [0.25, 0.3) is 0 Å². The van der Waals surface area contributed by atoms with E-state index in [1.807, 2.05) is 18.2 Å². The smallest absolute Gasteiger partial charge is 0.162 e. The highest BCUT2D eigenvalue weighted by atomic mass is 35.5. The maximum absolute atomic E-state index is 6.14. The van der Waals surface area contributed by atoms with Gasteiger partial charge in [-0.2, -0.15) is 0 Å². The molecular formula is C12H8Cl3NOS. The van der Waals surface area contributed by atoms with Gasteiger partial charge < -0.3 is 10.1 Å². The fraction of sp³-hybridized carbons (Fsp3) is 0.167. The van der Waals surface area contributed by atoms with Crippen LogP contribution in [-0.2, 0) is 0 Å². The fourth-order valence-electron chi connectivity index (χ4n) is 1.90. The van der Waals surface area contributed by atoms with Crippen LogP contribution in [0.15, 0.2) is 24.3 Å². The summed E-state index contributed by atoms with van der Waals surface area (Å²) >= 11 is 19.5. The molecule has 0 spiro atoms. The van der Waals surface area contributed by atoms with Crippen molar-refractivity contribution in [1.29, 1.82) is 0 Å². The summed E-state index contributed by atoms with van der Waals surface area (Å²) in [4.78, 5) is 0. The largest absolute Gasteiger partial charge is 0.480 e. The van der Waals surface area contributed by atoms with Gasteiger partial charge in [0.1, 0.15) is 10.4 Å². The molecule has 1 atom stereocenters. The van der Waals surface area contributed by atoms with E-state index in [9.17, 15) is 0 Å². The molecule has 1 aliphatic heterocycles. The summed E-state index contributed by atoms with van der Waals surface area (Å²) in [5, 5.41) is 3.87. The van der Waals surface area contributed by atoms with Crippen LogP contribution in [0.3, 0.4) is 0 Å². The number of para-hydroxylation sites is 1. The molecule has 1 unspecified atom stereocenters. The van der Waals surface area contributed by atoms with Crippen molar-refractivity contribution in [2.24, 2.45) is 0 Å². The lowest BCUT2D eigenvalue weighted by atomic mass is 10.1. The summed E-state index contributed by atoms with van der Waals surface area (Å²) in [6.45, 7) is 0.639. The first-order chi connectivity index (χ1) is 8.65. The average molecular weight is 321 g/mol. The standard InChI is InChI=1S/C12H8Cl3NOS/c13-7-2-1-3-8-11(7)17-9(5-16-8)6-4-10(14)18-12(6)15/h1-4,9,16H,5H2. The molecule has 2 heterocycles. The summed E-state index contributed by atoms with van der Waals surface area (Å²) in [5.74, 6) is 0.661. The van der Waals surface area contributed by atoms with E-state index in [0.717, 1.165) is 11.3 Å². The molecule has 0 radical (unpaired) electrons. The zero-order valence-corrected chi connectivity index (χ0v) is 12.1. The molecule has 1 aliphatic rings. The maximum Gasteiger partial charge on any atom is 0.162 e. The summed E-state index contributed by atoms with van der Waals surface area (Å²) in [7, 11) is 0. The molecule has 94 valence electrons. The minimum atomic E-state index is -0.173. The molecule has 1 aromatic heterocycles. The van der Waals surface area contributed by atoms with Crippen LogP contribution in [-0.4, -0.2) is 6.54 Å². The van der Waals surface area contributed by atoms with E-state index < -0.39 is 0 Å². The number of anilines is 1. The van der Waals surface area contributed by atoms with Crippen molar-refractivity contribution in [3.63, 3.8) is 0 Å². The number of benzene rings is 1. The lowest BCUT2D eigenvalue weighted by molar-refractivity contribution is 0.211. The van der Waals surface area contributed by atoms with Gasteiger partial charge in [-0.15, -0.1) is 11.3 Å². The number of hydrogen-bond acceptors (Lipinski definition) is 3. The third-order valence-corrected chi connectivity index (χ3v) is 4.55. The van der Waals surface area contributed by atoms with E-state index in [-0.39, 0.29) is 6.10 Å². The SMILES string of the molecule is Clc1cc(C2CNc3cccc(Cl)c3O2)c(Cl)s1. The Labute approximate surface area is 123 Å². The third-order valence-electron chi connectivity index (χ3n) is 2.73. The Morgan fingerprint density at radius 2 is 2.11 bits per heavy atom. The highest BCUT2D eigenvalue weighted by Gasteiger charge is 2.25. The van der Waals surface area contributed by atoms with E-state index in [1.165, 1.54) is 11.3 Å². The van der Waals surface area contributed by atoms with Crippen LogP contribution in [0.4, 0.5) is 5.69 Å². The van der Waals surface area contributed by atoms with Crippen molar-refractivity contribution in [3.05, 3.63) is 43.5 Å². The van der Waals surface area contributed by atoms with Gasteiger partial charge in [0.15, 0.2) is 5.75 Å². The van der Waals surface area contributed by atoms with Gasteiger partial charge in [0.2, 0.25) is 0 Å². The zero-order chi connectivity index (χ0) is 12.7. The number of fused-ring (bicyclic) bond motifs is 1. The van der Waals surface area contributed by atoms with Crippen molar-refractivity contribution in [3.8, 4) is 5.75 Å². The van der Waals surface area contributed by atoms with E-state index in [2.05, 4.69) is 5.32 Å². The van der Waals surface area contributed by atoms with E-state index >= 15 is 0 Å². The first-order valence-electron chi connectivity index (χ1n) is 5.29. The predicted octanol–water partition coefficient (Wildman–Crippen LogP) is 5.25. The Balaban J connectivity index is 1.95. The van der Waals surface area contributed by atoms with Gasteiger partial charge in [0.05, 0.1) is 21.6 Å². The number of halogens is 3. The van der Waals surface area contributed by atoms with Gasteiger partial charge in [-0.05, 0) is 18.2 Å². The van der Waals surface area contributed by atoms with E-state index in [1.54, 1.807) is 6.07 Å². The Bertz CT molecular complexity index is 599. The van der Waals surface area contributed by atoms with Crippen molar-refractivity contribution in [1.82, 2.24) is 0 Å². The van der Waals surface area contributed by atoms with Crippen LogP contribution < -0.4 is 10.1 Å². The molecule has 6 heteroatoms. The molecule has 3 rings (SSSR count). The summed E-state index contributed by atoms with van der Waals surface area (Å²) in [6.07, 6.45) is -0.173. The molecule has 0 saturated carbocycles. The normalized spacial score (nSPS) is 17.8. The van der Waals surface area contributed by atoms with Crippen LogP contribution in [0.25, 0.3) is 0 Å². The number of thiophene rings is 1. The monoisotopic (exact) mass is 319 g/mol. The second-order valence-electron chi connectivity index (χ2n) is 3.88. The van der Waals surface area contributed by atoms with E-state index in [4.69, 9.17) is 39.5 Å². The van der Waals surface area contributed by atoms with Gasteiger partial charge >= 0.3 is 0 Å². The minimum Gasteiger partial charge on any atom is -0.480 e. The Morgan fingerprint density at radius 1 is 1.28 bits per heavy atom. The van der Waals surface area contributed by atoms with Gasteiger partial charge in [0, 0.05) is 5.56 Å². The molecule has 0 amide bonds. The van der Waals surface area contributed by atoms with Crippen molar-refractivity contribution < 1.29 is 4.74 Å². The Kier molecular flexibility index (Phi) is 3.32. The molecule has 1 aromatic carbocycles. The topological polar surface area (TPSA) is 21.3 Å². The first-order valence-corrected chi connectivity index (χ1v) is 7.24. The molecule has 2 nitrogen and oxygen atoms in total. The van der Waals surface area contributed by atoms with Crippen molar-refractivity contribution in [2.75, 3.05) is 11.9 Å². The van der Waals surface area contributed by atoms with Crippen LogP contribution in [0.5, 0.6) is 5.75 Å². The molecule has 2 aromatic rings. The Morgan fingerprint density at radius 3 is 2.83 bits per heavy atom. The zero-order valence-electron chi connectivity index (χ0n) is 9.04. The molecule has 0 aliphatic carbocycles. The van der Waals surface area contributed by atoms with Gasteiger partial charge in [-0.1, -0.05) is 40.9 Å². The van der Waals surface area contributed by atoms with Gasteiger partial charge in [-0.3, -0.25) is 0 Å². The van der Waals surface area contributed by atoms with Crippen LogP contribution in [0, 0.1) is 0 Å². The van der Waals surface area contributed by atoms with Crippen molar-refractivity contribution in [2.45, 2.75) is 6.10 Å². The Hall–Kier alpha value is -0.610. The molecular weight excluding hydrogens is 313 g/mol. The van der Waals surface area contributed by atoms with Crippen LogP contribution in [0.1, 0.15) is 11.7 Å². The van der Waals surface area contributed by atoms with Crippen LogP contribution in [0.2, 0.25) is 13.7 Å². The quantitative estimate of drug-likeness (QED) is 0.774. The highest BCUT2D eigenvalue weighted by molar-refractivity contribution is 7.20. The lowest BCUT2D eigenvalue weighted by Crippen LogP contribution is -2.23. The fourth-order valence-corrected chi connectivity index (χ4v) is 3.68. The number of ether oxygens (including phenoxy) is 1. The average Bonchev–Trinajstić information content (AvgIpc) is 2.69. The lowest BCUT2D eigenvalue weighted by Gasteiger charge is -2.27. The van der Waals surface area contributed by atoms with Crippen molar-refractivity contribution >= 4 is 51.8 Å². The minimum absolute atomic E-state index is 0.173. The first kappa shape index (κ1) is 12.4. The highest BCUT2D eigenvalue weighted by Crippen LogP contribution is 2.43. The predicted molar refractivity (Wildman–Crippen MR) is 77.6 cm³/mol.